The van der Waals surface area contributed by atoms with Crippen LogP contribution in [-0.2, 0) is 22.4 Å². The van der Waals surface area contributed by atoms with Crippen LogP contribution in [0.5, 0.6) is 0 Å². The summed E-state index contributed by atoms with van der Waals surface area (Å²) in [5, 5.41) is 0.0384. The summed E-state index contributed by atoms with van der Waals surface area (Å²) < 4.78 is 23.1. The second kappa shape index (κ2) is 4.44. The first-order valence-electron chi connectivity index (χ1n) is 4.33. The molecule has 4 heteroatoms. The van der Waals surface area contributed by atoms with E-state index in [9.17, 15) is 8.76 Å². The maximum absolute atomic E-state index is 11.7. The van der Waals surface area contributed by atoms with E-state index in [-0.39, 0.29) is 11.2 Å². The lowest BCUT2D eigenvalue weighted by atomic mass is 9.94. The van der Waals surface area contributed by atoms with Crippen LogP contribution in [0.25, 0.3) is 0 Å². The van der Waals surface area contributed by atoms with Crippen LogP contribution in [0.2, 0.25) is 0 Å². The monoisotopic (exact) mass is 218 g/mol. The van der Waals surface area contributed by atoms with Gasteiger partial charge >= 0.3 is 0 Å². The predicted molar refractivity (Wildman–Crippen MR) is 58.2 cm³/mol. The average molecular weight is 218 g/mol. The molecule has 0 saturated carbocycles. The predicted octanol–water partition coefficient (Wildman–Crippen LogP) is 1.31. The van der Waals surface area contributed by atoms with Gasteiger partial charge in [0.2, 0.25) is 4.20 Å². The molecule has 13 heavy (non-hydrogen) atoms. The third-order valence-electron chi connectivity index (χ3n) is 2.59. The van der Waals surface area contributed by atoms with Crippen molar-refractivity contribution in [3.63, 3.8) is 0 Å². The van der Waals surface area contributed by atoms with Gasteiger partial charge in [0.25, 0.3) is 0 Å². The minimum atomic E-state index is -1.08. The van der Waals surface area contributed by atoms with Crippen molar-refractivity contribution in [1.29, 1.82) is 0 Å². The smallest absolute Gasteiger partial charge is 0.225 e. The largest absolute Gasteiger partial charge is 0.611 e. The maximum atomic E-state index is 11.7. The number of hydrogen-bond donors (Lipinski definition) is 0. The van der Waals surface area contributed by atoms with Crippen LogP contribution in [0.4, 0.5) is 0 Å². The number of allylic oxidation sites excluding steroid dienone is 1. The van der Waals surface area contributed by atoms with Crippen molar-refractivity contribution < 1.29 is 8.76 Å². The van der Waals surface area contributed by atoms with Crippen LogP contribution in [0.1, 0.15) is 20.8 Å². The molecule has 1 aliphatic heterocycles. The Kier molecular flexibility index (Phi) is 3.76. The normalized spacial score (nSPS) is 40.2. The van der Waals surface area contributed by atoms with Gasteiger partial charge in [-0.2, -0.15) is 0 Å². The first-order valence-corrected chi connectivity index (χ1v) is 6.29. The quantitative estimate of drug-likeness (QED) is 0.378. The summed E-state index contributed by atoms with van der Waals surface area (Å²) in [6, 6.07) is 0. The van der Waals surface area contributed by atoms with Crippen molar-refractivity contribution in [2.75, 3.05) is 0 Å². The Morgan fingerprint density at radius 1 is 1.54 bits per heavy atom. The molecule has 74 valence electrons. The van der Waals surface area contributed by atoms with Gasteiger partial charge in [-0.25, -0.2) is 4.21 Å². The van der Waals surface area contributed by atoms with Gasteiger partial charge in [0.1, 0.15) is 16.5 Å². The molecule has 1 saturated heterocycles. The van der Waals surface area contributed by atoms with Crippen LogP contribution in [-0.4, -0.2) is 18.2 Å². The number of hydrogen-bond acceptors (Lipinski definition) is 2. The van der Waals surface area contributed by atoms with Crippen molar-refractivity contribution in [1.82, 2.24) is 0 Å². The molecule has 4 atom stereocenters. The van der Waals surface area contributed by atoms with Crippen molar-refractivity contribution >= 4 is 26.6 Å². The van der Waals surface area contributed by atoms with Crippen LogP contribution in [0.3, 0.4) is 0 Å². The Labute approximate surface area is 85.7 Å². The Morgan fingerprint density at radius 3 is 2.54 bits per heavy atom. The Balaban J connectivity index is 2.97. The van der Waals surface area contributed by atoms with Crippen molar-refractivity contribution in [3.8, 4) is 0 Å². The van der Waals surface area contributed by atoms with E-state index in [4.69, 9.17) is 0 Å². The van der Waals surface area contributed by atoms with Crippen molar-refractivity contribution in [2.45, 2.75) is 26.0 Å². The molecule has 0 radical (unpaired) electrons. The lowest BCUT2D eigenvalue weighted by molar-refractivity contribution is 0.509. The van der Waals surface area contributed by atoms with E-state index in [1.807, 2.05) is 26.0 Å². The number of rotatable bonds is 1. The molecule has 0 spiro atoms. The van der Waals surface area contributed by atoms with E-state index in [1.54, 1.807) is 0 Å². The third-order valence-corrected chi connectivity index (χ3v) is 5.67. The molecule has 0 aromatic rings. The molecule has 0 aromatic heterocycles. The first-order chi connectivity index (χ1) is 6.13. The van der Waals surface area contributed by atoms with Gasteiger partial charge in [-0.3, -0.25) is 0 Å². The third kappa shape index (κ3) is 1.90. The molecule has 2 nitrogen and oxygen atoms in total. The van der Waals surface area contributed by atoms with Crippen LogP contribution in [0.15, 0.2) is 12.2 Å². The van der Waals surface area contributed by atoms with E-state index >= 15 is 0 Å². The fraction of sp³-hybridized carbons (Fsp3) is 0.667. The summed E-state index contributed by atoms with van der Waals surface area (Å²) >= 11 is -0.664. The fourth-order valence-corrected chi connectivity index (χ4v) is 4.30. The van der Waals surface area contributed by atoms with E-state index in [1.165, 1.54) is 0 Å². The highest BCUT2D eigenvalue weighted by Crippen LogP contribution is 2.34. The zero-order valence-electron chi connectivity index (χ0n) is 8.02. The highest BCUT2D eigenvalue weighted by Gasteiger charge is 2.46. The summed E-state index contributed by atoms with van der Waals surface area (Å²) in [6.45, 7) is 5.94. The topological polar surface area (TPSA) is 40.1 Å². The van der Waals surface area contributed by atoms with E-state index < -0.39 is 11.2 Å². The van der Waals surface area contributed by atoms with Crippen molar-refractivity contribution in [3.05, 3.63) is 12.2 Å². The standard InChI is InChI=1S/C9H14O2S2/c1-4-5-8-6(2)7(3)9(12-10)13(8)11/h4-8H,1-3H3/b5-4+/t6-,7-,8+,13?/m1/s1. The molecule has 1 heterocycles. The lowest BCUT2D eigenvalue weighted by Crippen LogP contribution is -2.20. The molecule has 1 rings (SSSR count). The van der Waals surface area contributed by atoms with Gasteiger partial charge in [-0.15, -0.1) is 0 Å². The lowest BCUT2D eigenvalue weighted by Gasteiger charge is -2.11. The summed E-state index contributed by atoms with van der Waals surface area (Å²) in [5.74, 6) is 0.484. The molecule has 1 unspecified atom stereocenters. The SMILES string of the molecule is C/C=C/[C@H]1[C@H](C)[C@@H](C)C(=S=O)[S+]1[O-]. The van der Waals surface area contributed by atoms with Gasteiger partial charge in [-0.05, 0) is 13.0 Å². The van der Waals surface area contributed by atoms with Gasteiger partial charge in [0, 0.05) is 23.0 Å². The minimum absolute atomic E-state index is 0.0384. The molecule has 0 aromatic carbocycles. The fourth-order valence-electron chi connectivity index (χ4n) is 1.56. The van der Waals surface area contributed by atoms with Gasteiger partial charge in [0.05, 0.1) is 0 Å². The second-order valence-corrected chi connectivity index (χ2v) is 5.78. The van der Waals surface area contributed by atoms with Gasteiger partial charge < -0.3 is 4.55 Å². The van der Waals surface area contributed by atoms with Crippen LogP contribution in [0, 0.1) is 11.8 Å². The van der Waals surface area contributed by atoms with Gasteiger partial charge in [0.15, 0.2) is 0 Å². The summed E-state index contributed by atoms with van der Waals surface area (Å²) in [5.41, 5.74) is 0. The molecule has 1 aliphatic rings. The van der Waals surface area contributed by atoms with Gasteiger partial charge in [-0.1, -0.05) is 19.9 Å². The molecular formula is C9H14O2S2. The van der Waals surface area contributed by atoms with Crippen molar-refractivity contribution in [2.24, 2.45) is 11.8 Å². The summed E-state index contributed by atoms with van der Waals surface area (Å²) in [4.78, 5) is 0. The molecule has 0 amide bonds. The minimum Gasteiger partial charge on any atom is -0.611 e. The molecule has 0 N–H and O–H groups in total. The highest BCUT2D eigenvalue weighted by molar-refractivity contribution is 8.15. The Hall–Kier alpha value is -0.0600. The van der Waals surface area contributed by atoms with Crippen LogP contribution < -0.4 is 0 Å². The second-order valence-electron chi connectivity index (χ2n) is 3.34. The van der Waals surface area contributed by atoms with E-state index in [2.05, 4.69) is 6.92 Å². The average Bonchev–Trinajstić information content (AvgIpc) is 2.31. The maximum Gasteiger partial charge on any atom is 0.225 e. The Morgan fingerprint density at radius 2 is 2.15 bits per heavy atom. The zero-order chi connectivity index (χ0) is 10.0. The summed E-state index contributed by atoms with van der Waals surface area (Å²) in [7, 11) is 0. The molecule has 0 bridgehead atoms. The highest BCUT2D eigenvalue weighted by atomic mass is 32.2. The molecular weight excluding hydrogens is 204 g/mol. The van der Waals surface area contributed by atoms with E-state index in [0.717, 1.165) is 0 Å². The Bertz CT molecular complexity index is 269. The van der Waals surface area contributed by atoms with Crippen LogP contribution >= 0.6 is 0 Å². The van der Waals surface area contributed by atoms with E-state index in [0.29, 0.717) is 21.4 Å². The first kappa shape index (κ1) is 11.0. The summed E-state index contributed by atoms with van der Waals surface area (Å²) in [6.07, 6.45) is 3.85. The molecule has 1 fully saturated rings. The zero-order valence-corrected chi connectivity index (χ0v) is 9.65. The molecule has 0 aliphatic carbocycles.